The lowest BCUT2D eigenvalue weighted by Crippen LogP contribution is -2.35. The number of carbonyl (C=O) groups excluding carboxylic acids is 2. The van der Waals surface area contributed by atoms with Gasteiger partial charge in [0.25, 0.3) is 5.91 Å². The van der Waals surface area contributed by atoms with Crippen LogP contribution in [0, 0.1) is 6.92 Å². The number of hydrogen-bond acceptors (Lipinski definition) is 3. The van der Waals surface area contributed by atoms with E-state index in [0.717, 1.165) is 16.9 Å². The van der Waals surface area contributed by atoms with Crippen molar-refractivity contribution in [1.29, 1.82) is 0 Å². The minimum atomic E-state index is -0.170. The fraction of sp³-hybridized carbons (Fsp3) is 0.190. The third-order valence-corrected chi connectivity index (χ3v) is 4.15. The number of nitrogens with zero attached hydrogens (tertiary/aromatic N) is 2. The monoisotopic (exact) mass is 362 g/mol. The van der Waals surface area contributed by atoms with Crippen molar-refractivity contribution in [3.8, 4) is 5.69 Å². The topological polar surface area (TPSA) is 76.0 Å². The predicted molar refractivity (Wildman–Crippen MR) is 104 cm³/mol. The number of benzene rings is 2. The van der Waals surface area contributed by atoms with Crippen LogP contribution in [-0.4, -0.2) is 34.7 Å². The van der Waals surface area contributed by atoms with Crippen LogP contribution in [0.5, 0.6) is 0 Å². The molecule has 0 spiro atoms. The molecule has 0 radical (unpaired) electrons. The number of nitrogens with one attached hydrogen (secondary N) is 2. The van der Waals surface area contributed by atoms with Gasteiger partial charge in [-0.1, -0.05) is 30.3 Å². The van der Waals surface area contributed by atoms with Crippen LogP contribution in [0.15, 0.2) is 66.9 Å². The van der Waals surface area contributed by atoms with Gasteiger partial charge in [-0.3, -0.25) is 9.59 Å². The zero-order valence-corrected chi connectivity index (χ0v) is 15.2. The third-order valence-electron chi connectivity index (χ3n) is 4.15. The van der Waals surface area contributed by atoms with E-state index in [1.807, 2.05) is 60.1 Å². The van der Waals surface area contributed by atoms with Gasteiger partial charge in [-0.2, -0.15) is 5.10 Å². The van der Waals surface area contributed by atoms with E-state index in [-0.39, 0.29) is 11.8 Å². The quantitative estimate of drug-likeness (QED) is 0.633. The maximum atomic E-state index is 12.2. The van der Waals surface area contributed by atoms with Crippen molar-refractivity contribution in [2.75, 3.05) is 13.1 Å². The van der Waals surface area contributed by atoms with E-state index in [1.54, 1.807) is 18.3 Å². The first-order valence-electron chi connectivity index (χ1n) is 8.83. The number of aromatic nitrogens is 2. The van der Waals surface area contributed by atoms with Crippen LogP contribution in [0.4, 0.5) is 0 Å². The fourth-order valence-corrected chi connectivity index (χ4v) is 2.72. The summed E-state index contributed by atoms with van der Waals surface area (Å²) < 4.78 is 1.81. The van der Waals surface area contributed by atoms with Gasteiger partial charge < -0.3 is 10.6 Å². The Morgan fingerprint density at radius 2 is 1.63 bits per heavy atom. The van der Waals surface area contributed by atoms with Crippen LogP contribution in [0.3, 0.4) is 0 Å². The van der Waals surface area contributed by atoms with Crippen molar-refractivity contribution in [2.45, 2.75) is 13.3 Å². The highest BCUT2D eigenvalue weighted by Crippen LogP contribution is 2.11. The molecule has 2 amide bonds. The van der Waals surface area contributed by atoms with Crippen LogP contribution >= 0.6 is 0 Å². The molecule has 6 heteroatoms. The van der Waals surface area contributed by atoms with Gasteiger partial charge in [0, 0.05) is 30.5 Å². The van der Waals surface area contributed by atoms with Gasteiger partial charge in [0.05, 0.1) is 12.1 Å². The Labute approximate surface area is 158 Å². The molecule has 0 aliphatic carbocycles. The summed E-state index contributed by atoms with van der Waals surface area (Å²) in [6.07, 6.45) is 2.07. The number of aryl methyl sites for hydroxylation is 1. The minimum absolute atomic E-state index is 0.0607. The summed E-state index contributed by atoms with van der Waals surface area (Å²) in [4.78, 5) is 24.1. The van der Waals surface area contributed by atoms with Gasteiger partial charge in [-0.05, 0) is 42.8 Å². The molecule has 2 N–H and O–H groups in total. The van der Waals surface area contributed by atoms with Crippen molar-refractivity contribution in [3.05, 3.63) is 83.7 Å². The van der Waals surface area contributed by atoms with Crippen molar-refractivity contribution in [3.63, 3.8) is 0 Å². The summed E-state index contributed by atoms with van der Waals surface area (Å²) in [7, 11) is 0. The second kappa shape index (κ2) is 8.80. The van der Waals surface area contributed by atoms with Gasteiger partial charge >= 0.3 is 0 Å². The molecule has 1 aromatic heterocycles. The first kappa shape index (κ1) is 18.4. The molecule has 0 fully saturated rings. The Bertz CT molecular complexity index is 901. The van der Waals surface area contributed by atoms with E-state index in [1.165, 1.54) is 0 Å². The highest BCUT2D eigenvalue weighted by molar-refractivity contribution is 5.94. The molecule has 138 valence electrons. The Morgan fingerprint density at radius 3 is 2.30 bits per heavy atom. The Morgan fingerprint density at radius 1 is 0.926 bits per heavy atom. The Hall–Kier alpha value is -3.41. The molecule has 2 aromatic carbocycles. The molecule has 0 unspecified atom stereocenters. The number of rotatable bonds is 7. The molecule has 0 aliphatic rings. The maximum Gasteiger partial charge on any atom is 0.251 e. The standard InChI is InChI=1S/C21H22N4O2/c1-16-11-12-24-25(16)19-9-7-18(8-10-19)21(27)23-14-13-22-20(26)15-17-5-3-2-4-6-17/h2-12H,13-15H2,1H3,(H,22,26)(H,23,27). The van der Waals surface area contributed by atoms with Gasteiger partial charge in [0.1, 0.15) is 0 Å². The molecule has 0 saturated carbocycles. The van der Waals surface area contributed by atoms with E-state index in [4.69, 9.17) is 0 Å². The van der Waals surface area contributed by atoms with E-state index < -0.39 is 0 Å². The molecular formula is C21H22N4O2. The third kappa shape index (κ3) is 5.04. The molecule has 1 heterocycles. The van der Waals surface area contributed by atoms with Crippen molar-refractivity contribution >= 4 is 11.8 Å². The largest absolute Gasteiger partial charge is 0.354 e. The maximum absolute atomic E-state index is 12.2. The Kier molecular flexibility index (Phi) is 5.99. The SMILES string of the molecule is Cc1ccnn1-c1ccc(C(=O)NCCNC(=O)Cc2ccccc2)cc1. The highest BCUT2D eigenvalue weighted by Gasteiger charge is 2.07. The second-order valence-corrected chi connectivity index (χ2v) is 6.20. The highest BCUT2D eigenvalue weighted by atomic mass is 16.2. The molecule has 27 heavy (non-hydrogen) atoms. The molecule has 3 aromatic rings. The Balaban J connectivity index is 1.43. The van der Waals surface area contributed by atoms with Gasteiger partial charge in [0.2, 0.25) is 5.91 Å². The molecule has 0 bridgehead atoms. The molecular weight excluding hydrogens is 340 g/mol. The van der Waals surface area contributed by atoms with Gasteiger partial charge in [0.15, 0.2) is 0 Å². The lowest BCUT2D eigenvalue weighted by molar-refractivity contribution is -0.120. The van der Waals surface area contributed by atoms with Crippen molar-refractivity contribution < 1.29 is 9.59 Å². The average molecular weight is 362 g/mol. The summed E-state index contributed by atoms with van der Waals surface area (Å²) in [5, 5.41) is 9.86. The molecule has 6 nitrogen and oxygen atoms in total. The van der Waals surface area contributed by atoms with Crippen LogP contribution in [0.1, 0.15) is 21.6 Å². The van der Waals surface area contributed by atoms with Crippen LogP contribution in [0.2, 0.25) is 0 Å². The van der Waals surface area contributed by atoms with E-state index in [0.29, 0.717) is 25.1 Å². The second-order valence-electron chi connectivity index (χ2n) is 6.20. The summed E-state index contributed by atoms with van der Waals surface area (Å²) in [5.41, 5.74) is 3.46. The first-order chi connectivity index (χ1) is 13.1. The molecule has 0 aliphatic heterocycles. The number of amides is 2. The summed E-state index contributed by atoms with van der Waals surface area (Å²) in [5.74, 6) is -0.231. The molecule has 0 saturated heterocycles. The van der Waals surface area contributed by atoms with Crippen molar-refractivity contribution in [1.82, 2.24) is 20.4 Å². The normalized spacial score (nSPS) is 10.4. The van der Waals surface area contributed by atoms with Crippen LogP contribution < -0.4 is 10.6 Å². The zero-order valence-electron chi connectivity index (χ0n) is 15.2. The van der Waals surface area contributed by atoms with E-state index >= 15 is 0 Å². The molecule has 3 rings (SSSR count). The van der Waals surface area contributed by atoms with Gasteiger partial charge in [-0.25, -0.2) is 4.68 Å². The zero-order chi connectivity index (χ0) is 19.1. The lowest BCUT2D eigenvalue weighted by atomic mass is 10.1. The summed E-state index contributed by atoms with van der Waals surface area (Å²) >= 11 is 0. The van der Waals surface area contributed by atoms with Crippen LogP contribution in [0.25, 0.3) is 5.69 Å². The number of hydrogen-bond donors (Lipinski definition) is 2. The fourth-order valence-electron chi connectivity index (χ4n) is 2.72. The number of carbonyl (C=O) groups is 2. The van der Waals surface area contributed by atoms with E-state index in [9.17, 15) is 9.59 Å². The minimum Gasteiger partial charge on any atom is -0.354 e. The summed E-state index contributed by atoms with van der Waals surface area (Å²) in [6, 6.07) is 18.7. The molecule has 0 atom stereocenters. The van der Waals surface area contributed by atoms with Crippen LogP contribution in [-0.2, 0) is 11.2 Å². The average Bonchev–Trinajstić information content (AvgIpc) is 3.12. The smallest absolute Gasteiger partial charge is 0.251 e. The lowest BCUT2D eigenvalue weighted by Gasteiger charge is -2.08. The van der Waals surface area contributed by atoms with E-state index in [2.05, 4.69) is 15.7 Å². The van der Waals surface area contributed by atoms with Crippen molar-refractivity contribution in [2.24, 2.45) is 0 Å². The summed E-state index contributed by atoms with van der Waals surface area (Å²) in [6.45, 7) is 2.74. The van der Waals surface area contributed by atoms with Gasteiger partial charge in [-0.15, -0.1) is 0 Å². The first-order valence-corrected chi connectivity index (χ1v) is 8.83. The predicted octanol–water partition coefficient (Wildman–Crippen LogP) is 2.27.